The average Bonchev–Trinajstić information content (AvgIpc) is 3.43. The highest BCUT2D eigenvalue weighted by Crippen LogP contribution is 2.41. The monoisotopic (exact) mass is 870 g/mol. The van der Waals surface area contributed by atoms with Gasteiger partial charge in [0.15, 0.2) is 0 Å². The van der Waals surface area contributed by atoms with Crippen LogP contribution in [0.4, 0.5) is 34.1 Å². The molecule has 0 N–H and O–H groups in total. The predicted octanol–water partition coefficient (Wildman–Crippen LogP) is 17.4. The third-order valence-electron chi connectivity index (χ3n) is 12.2. The van der Waals surface area contributed by atoms with E-state index in [1.54, 1.807) is 0 Å². The van der Waals surface area contributed by atoms with E-state index < -0.39 is 0 Å². The van der Waals surface area contributed by atoms with Crippen LogP contribution in [0.5, 0.6) is 0 Å². The van der Waals surface area contributed by atoms with Crippen molar-refractivity contribution in [2.75, 3.05) is 9.80 Å². The van der Waals surface area contributed by atoms with Crippen LogP contribution >= 0.6 is 0 Å². The average molecular weight is 871 g/mol. The Hall–Kier alpha value is -9.12. The Morgan fingerprint density at radius 3 is 0.632 bits per heavy atom. The molecule has 11 aromatic rings. The molecule has 0 aliphatic carbocycles. The first-order valence-electron chi connectivity index (χ1n) is 23.0. The fraction of sp³-hybridized carbons (Fsp3) is 0. The summed E-state index contributed by atoms with van der Waals surface area (Å²) in [6.07, 6.45) is 0. The Kier molecular flexibility index (Phi) is 11.7. The molecule has 0 aliphatic heterocycles. The molecule has 0 saturated heterocycles. The van der Waals surface area contributed by atoms with Crippen LogP contribution < -0.4 is 9.80 Å². The zero-order chi connectivity index (χ0) is 45.5. The molecule has 0 atom stereocenters. The molecule has 0 spiro atoms. The molecule has 4 heteroatoms. The smallest absolute Gasteiger partial charge is 0.0715 e. The number of benzene rings is 9. The van der Waals surface area contributed by atoms with Gasteiger partial charge < -0.3 is 9.80 Å². The van der Waals surface area contributed by atoms with E-state index in [0.717, 1.165) is 101 Å². The van der Waals surface area contributed by atoms with Gasteiger partial charge in [0, 0.05) is 56.4 Å². The number of hydrogen-bond donors (Lipinski definition) is 0. The normalized spacial score (nSPS) is 10.9. The van der Waals surface area contributed by atoms with Crippen molar-refractivity contribution in [1.29, 1.82) is 0 Å². The van der Waals surface area contributed by atoms with E-state index in [4.69, 9.17) is 9.97 Å². The molecule has 0 fully saturated rings. The van der Waals surface area contributed by atoms with Crippen LogP contribution in [-0.2, 0) is 0 Å². The molecule has 2 heterocycles. The molecule has 68 heavy (non-hydrogen) atoms. The van der Waals surface area contributed by atoms with E-state index in [0.29, 0.717) is 0 Å². The topological polar surface area (TPSA) is 32.3 Å². The van der Waals surface area contributed by atoms with Crippen LogP contribution in [0.1, 0.15) is 0 Å². The summed E-state index contributed by atoms with van der Waals surface area (Å²) in [6.45, 7) is 0. The molecular formula is C64H46N4. The molecule has 0 amide bonds. The van der Waals surface area contributed by atoms with Crippen molar-refractivity contribution in [2.45, 2.75) is 0 Å². The van der Waals surface area contributed by atoms with Gasteiger partial charge in [0.05, 0.1) is 22.8 Å². The summed E-state index contributed by atoms with van der Waals surface area (Å²) in [6, 6.07) is 98.2. The van der Waals surface area contributed by atoms with Crippen LogP contribution in [0, 0.1) is 0 Å². The van der Waals surface area contributed by atoms with Crippen LogP contribution in [0.15, 0.2) is 279 Å². The number of para-hydroxylation sites is 2. The van der Waals surface area contributed by atoms with Crippen molar-refractivity contribution in [2.24, 2.45) is 0 Å². The highest BCUT2D eigenvalue weighted by molar-refractivity contribution is 5.84. The maximum Gasteiger partial charge on any atom is 0.0715 e. The summed E-state index contributed by atoms with van der Waals surface area (Å²) in [4.78, 5) is 14.8. The van der Waals surface area contributed by atoms with Gasteiger partial charge in [-0.15, -0.1) is 0 Å². The number of nitrogens with zero attached hydrogens (tertiary/aromatic N) is 4. The van der Waals surface area contributed by atoms with Crippen molar-refractivity contribution >= 4 is 34.1 Å². The van der Waals surface area contributed by atoms with Crippen molar-refractivity contribution in [1.82, 2.24) is 9.97 Å². The predicted molar refractivity (Wildman–Crippen MR) is 284 cm³/mol. The summed E-state index contributed by atoms with van der Waals surface area (Å²) in [7, 11) is 0. The SMILES string of the molecule is c1ccc(-c2cc(-c3ccc(N(c4ccccc4)c4ccc(N(c5ccccc5)c5ccc(-c6cc(-c7ccccc7)nc(-c7ccccc7)c6)cc5)cc4)cc3)cc(-c3ccccc3)n2)cc1. The third kappa shape index (κ3) is 8.95. The van der Waals surface area contributed by atoms with E-state index in [1.165, 1.54) is 0 Å². The van der Waals surface area contributed by atoms with E-state index in [1.807, 2.05) is 24.3 Å². The summed E-state index contributed by atoms with van der Waals surface area (Å²) in [5.74, 6) is 0. The Balaban J connectivity index is 0.927. The van der Waals surface area contributed by atoms with Crippen molar-refractivity contribution in [3.8, 4) is 67.3 Å². The highest BCUT2D eigenvalue weighted by Gasteiger charge is 2.18. The highest BCUT2D eigenvalue weighted by atomic mass is 15.2. The lowest BCUT2D eigenvalue weighted by Gasteiger charge is -2.28. The zero-order valence-corrected chi connectivity index (χ0v) is 37.3. The van der Waals surface area contributed by atoms with Crippen LogP contribution in [0.3, 0.4) is 0 Å². The van der Waals surface area contributed by atoms with E-state index in [9.17, 15) is 0 Å². The van der Waals surface area contributed by atoms with Crippen LogP contribution in [-0.4, -0.2) is 9.97 Å². The van der Waals surface area contributed by atoms with Gasteiger partial charge in [0.25, 0.3) is 0 Å². The van der Waals surface area contributed by atoms with Gasteiger partial charge >= 0.3 is 0 Å². The number of rotatable bonds is 12. The van der Waals surface area contributed by atoms with Crippen molar-refractivity contribution < 1.29 is 0 Å². The molecular weight excluding hydrogens is 825 g/mol. The molecule has 4 nitrogen and oxygen atoms in total. The maximum atomic E-state index is 5.11. The lowest BCUT2D eigenvalue weighted by Crippen LogP contribution is -2.12. The first-order chi connectivity index (χ1) is 33.7. The molecule has 2 aromatic heterocycles. The second-order valence-corrected chi connectivity index (χ2v) is 16.7. The van der Waals surface area contributed by atoms with Gasteiger partial charge in [-0.25, -0.2) is 9.97 Å². The molecule has 9 aromatic carbocycles. The van der Waals surface area contributed by atoms with Crippen LogP contribution in [0.2, 0.25) is 0 Å². The van der Waals surface area contributed by atoms with Crippen molar-refractivity contribution in [3.63, 3.8) is 0 Å². The maximum absolute atomic E-state index is 5.11. The minimum absolute atomic E-state index is 0.945. The molecule has 0 aliphatic rings. The van der Waals surface area contributed by atoms with E-state index >= 15 is 0 Å². The molecule has 0 unspecified atom stereocenters. The van der Waals surface area contributed by atoms with E-state index in [2.05, 4.69) is 265 Å². The first-order valence-corrected chi connectivity index (χ1v) is 23.0. The van der Waals surface area contributed by atoms with Crippen molar-refractivity contribution in [3.05, 3.63) is 279 Å². The Morgan fingerprint density at radius 2 is 0.382 bits per heavy atom. The number of aromatic nitrogens is 2. The summed E-state index contributed by atoms with van der Waals surface area (Å²) in [5, 5.41) is 0. The minimum atomic E-state index is 0.945. The van der Waals surface area contributed by atoms with Gasteiger partial charge in [-0.3, -0.25) is 0 Å². The largest absolute Gasteiger partial charge is 0.311 e. The molecule has 11 rings (SSSR count). The first kappa shape index (κ1) is 41.6. The Morgan fingerprint density at radius 1 is 0.176 bits per heavy atom. The molecule has 0 bridgehead atoms. The summed E-state index contributed by atoms with van der Waals surface area (Å²) >= 11 is 0. The molecule has 0 radical (unpaired) electrons. The number of anilines is 6. The minimum Gasteiger partial charge on any atom is -0.311 e. The Bertz CT molecular complexity index is 3040. The summed E-state index contributed by atoms with van der Waals surface area (Å²) in [5.41, 5.74) is 19.0. The Labute approximate surface area is 398 Å². The molecule has 322 valence electrons. The fourth-order valence-corrected chi connectivity index (χ4v) is 8.83. The second kappa shape index (κ2) is 19.2. The summed E-state index contributed by atoms with van der Waals surface area (Å²) < 4.78 is 0. The lowest BCUT2D eigenvalue weighted by molar-refractivity contribution is 1.25. The number of pyridine rings is 2. The quantitative estimate of drug-likeness (QED) is 0.122. The second-order valence-electron chi connectivity index (χ2n) is 16.7. The van der Waals surface area contributed by atoms with Gasteiger partial charge in [0.2, 0.25) is 0 Å². The third-order valence-corrected chi connectivity index (χ3v) is 12.2. The fourth-order valence-electron chi connectivity index (χ4n) is 8.83. The van der Waals surface area contributed by atoms with Crippen LogP contribution in [0.25, 0.3) is 67.3 Å². The van der Waals surface area contributed by atoms with E-state index in [-0.39, 0.29) is 0 Å². The van der Waals surface area contributed by atoms with Gasteiger partial charge in [-0.1, -0.05) is 182 Å². The van der Waals surface area contributed by atoms with Gasteiger partial charge in [-0.2, -0.15) is 0 Å². The van der Waals surface area contributed by atoms with Gasteiger partial charge in [-0.05, 0) is 119 Å². The lowest BCUT2D eigenvalue weighted by atomic mass is 9.99. The number of hydrogen-bond acceptors (Lipinski definition) is 4. The molecule has 0 saturated carbocycles. The van der Waals surface area contributed by atoms with Gasteiger partial charge in [0.1, 0.15) is 0 Å². The standard InChI is InChI=1S/C64H46N4/c1-7-19-49(20-8-1)61-43-53(44-62(65-61)50-21-9-2-10-22-50)47-31-35-57(36-32-47)67(55-27-15-5-16-28-55)59-39-41-60(42-40-59)68(56-29-17-6-18-30-56)58-37-33-48(34-38-58)54-45-63(51-23-11-3-12-24-51)66-64(46-54)52-25-13-4-14-26-52/h1-46H. The zero-order valence-electron chi connectivity index (χ0n) is 37.3.